The van der Waals surface area contributed by atoms with Gasteiger partial charge < -0.3 is 5.32 Å². The minimum atomic E-state index is -0.0779. The zero-order valence-electron chi connectivity index (χ0n) is 14.3. The Morgan fingerprint density at radius 1 is 1.12 bits per heavy atom. The van der Waals surface area contributed by atoms with E-state index in [9.17, 15) is 4.79 Å². The van der Waals surface area contributed by atoms with Gasteiger partial charge in [0.1, 0.15) is 5.65 Å². The normalized spacial score (nSPS) is 12.5. The molecule has 0 fully saturated rings. The summed E-state index contributed by atoms with van der Waals surface area (Å²) in [5, 5.41) is 5.96. The van der Waals surface area contributed by atoms with Crippen LogP contribution in [0.2, 0.25) is 0 Å². The van der Waals surface area contributed by atoms with Crippen LogP contribution in [0.5, 0.6) is 0 Å². The van der Waals surface area contributed by atoms with Gasteiger partial charge in [-0.2, -0.15) is 0 Å². The number of hydrogen-bond acceptors (Lipinski definition) is 3. The molecular formula is C21H18BrN3O. The molecule has 4 rings (SSSR count). The van der Waals surface area contributed by atoms with Crippen molar-refractivity contribution in [3.63, 3.8) is 0 Å². The zero-order chi connectivity index (χ0) is 18.1. The quantitative estimate of drug-likeness (QED) is 0.543. The standard InChI is InChI=1S/C21H18BrN3O/c1-14(18-8-4-6-15-5-2-3-7-19(15)18)23-12-17-11-21(26)25-13-16(22)9-10-20(25)24-17/h2-11,13-14,23H,12H2,1H3/t14-/m1/s1. The maximum absolute atomic E-state index is 12.3. The Morgan fingerprint density at radius 2 is 1.92 bits per heavy atom. The third-order valence-electron chi connectivity index (χ3n) is 4.56. The molecule has 0 radical (unpaired) electrons. The molecule has 0 aliphatic rings. The molecule has 130 valence electrons. The van der Waals surface area contributed by atoms with Gasteiger partial charge >= 0.3 is 0 Å². The van der Waals surface area contributed by atoms with Crippen molar-refractivity contribution in [3.05, 3.63) is 92.9 Å². The summed E-state index contributed by atoms with van der Waals surface area (Å²) in [6, 6.07) is 20.2. The second-order valence-electron chi connectivity index (χ2n) is 6.33. The topological polar surface area (TPSA) is 46.4 Å². The van der Waals surface area contributed by atoms with Crippen LogP contribution in [0.15, 0.2) is 76.1 Å². The first kappa shape index (κ1) is 16.9. The molecule has 0 bridgehead atoms. The number of hydrogen-bond donors (Lipinski definition) is 1. The number of fused-ring (bicyclic) bond motifs is 2. The lowest BCUT2D eigenvalue weighted by molar-refractivity contribution is 0.570. The molecule has 5 heteroatoms. The van der Waals surface area contributed by atoms with Crippen molar-refractivity contribution in [3.8, 4) is 0 Å². The second kappa shape index (κ2) is 7.02. The molecule has 0 amide bonds. The number of nitrogens with zero attached hydrogens (tertiary/aromatic N) is 2. The van der Waals surface area contributed by atoms with Crippen LogP contribution in [-0.4, -0.2) is 9.38 Å². The summed E-state index contributed by atoms with van der Waals surface area (Å²) in [4.78, 5) is 16.9. The first-order chi connectivity index (χ1) is 12.6. The molecule has 4 nitrogen and oxygen atoms in total. The number of halogens is 1. The molecule has 2 heterocycles. The van der Waals surface area contributed by atoms with E-state index in [-0.39, 0.29) is 11.6 Å². The third-order valence-corrected chi connectivity index (χ3v) is 5.02. The van der Waals surface area contributed by atoms with Crippen LogP contribution in [0.25, 0.3) is 16.4 Å². The minimum Gasteiger partial charge on any atom is -0.305 e. The van der Waals surface area contributed by atoms with Crippen molar-refractivity contribution in [2.75, 3.05) is 0 Å². The second-order valence-corrected chi connectivity index (χ2v) is 7.25. The van der Waals surface area contributed by atoms with Crippen LogP contribution < -0.4 is 10.9 Å². The first-order valence-electron chi connectivity index (χ1n) is 8.51. The predicted octanol–water partition coefficient (Wildman–Crippen LogP) is 4.46. The summed E-state index contributed by atoms with van der Waals surface area (Å²) >= 11 is 3.38. The van der Waals surface area contributed by atoms with E-state index in [0.717, 1.165) is 10.2 Å². The Bertz CT molecular complexity index is 1150. The van der Waals surface area contributed by atoms with E-state index in [2.05, 4.69) is 75.6 Å². The van der Waals surface area contributed by atoms with Crippen LogP contribution in [0.3, 0.4) is 0 Å². The Balaban J connectivity index is 1.59. The van der Waals surface area contributed by atoms with E-state index in [1.165, 1.54) is 16.3 Å². The summed E-state index contributed by atoms with van der Waals surface area (Å²) in [6.07, 6.45) is 1.74. The molecule has 0 unspecified atom stereocenters. The Hall–Kier alpha value is -2.50. The number of aromatic nitrogens is 2. The monoisotopic (exact) mass is 407 g/mol. The molecule has 1 N–H and O–H groups in total. The Kier molecular flexibility index (Phi) is 4.57. The molecule has 0 saturated heterocycles. The van der Waals surface area contributed by atoms with Gasteiger partial charge in [0.25, 0.3) is 5.56 Å². The Labute approximate surface area is 159 Å². The fourth-order valence-corrected chi connectivity index (χ4v) is 3.55. The summed E-state index contributed by atoms with van der Waals surface area (Å²) in [7, 11) is 0. The molecule has 4 aromatic rings. The fourth-order valence-electron chi connectivity index (χ4n) is 3.21. The maximum atomic E-state index is 12.3. The molecule has 1 atom stereocenters. The molecule has 2 aromatic heterocycles. The lowest BCUT2D eigenvalue weighted by atomic mass is 10.00. The summed E-state index contributed by atoms with van der Waals surface area (Å²) < 4.78 is 2.39. The average molecular weight is 408 g/mol. The largest absolute Gasteiger partial charge is 0.305 e. The van der Waals surface area contributed by atoms with Gasteiger partial charge in [0.2, 0.25) is 0 Å². The van der Waals surface area contributed by atoms with Gasteiger partial charge in [-0.25, -0.2) is 4.98 Å². The van der Waals surface area contributed by atoms with Gasteiger partial charge in [-0.15, -0.1) is 0 Å². The van der Waals surface area contributed by atoms with Gasteiger partial charge in [-0.1, -0.05) is 42.5 Å². The van der Waals surface area contributed by atoms with Crippen LogP contribution in [-0.2, 0) is 6.54 Å². The number of benzene rings is 2. The van der Waals surface area contributed by atoms with E-state index in [4.69, 9.17) is 0 Å². The van der Waals surface area contributed by atoms with Crippen molar-refractivity contribution in [2.45, 2.75) is 19.5 Å². The maximum Gasteiger partial charge on any atom is 0.258 e. The lowest BCUT2D eigenvalue weighted by Gasteiger charge is -2.16. The van der Waals surface area contributed by atoms with Gasteiger partial charge in [-0.3, -0.25) is 9.20 Å². The molecule has 0 aliphatic carbocycles. The van der Waals surface area contributed by atoms with Crippen molar-refractivity contribution in [2.24, 2.45) is 0 Å². The van der Waals surface area contributed by atoms with Gasteiger partial charge in [0, 0.05) is 29.3 Å². The molecule has 0 aliphatic heterocycles. The first-order valence-corrected chi connectivity index (χ1v) is 9.30. The van der Waals surface area contributed by atoms with Crippen molar-refractivity contribution in [1.29, 1.82) is 0 Å². The zero-order valence-corrected chi connectivity index (χ0v) is 15.9. The molecule has 0 saturated carbocycles. The highest BCUT2D eigenvalue weighted by molar-refractivity contribution is 9.10. The third kappa shape index (κ3) is 3.28. The molecule has 0 spiro atoms. The number of nitrogens with one attached hydrogen (secondary N) is 1. The Morgan fingerprint density at radius 3 is 2.81 bits per heavy atom. The summed E-state index contributed by atoms with van der Waals surface area (Å²) in [6.45, 7) is 2.67. The minimum absolute atomic E-state index is 0.0779. The summed E-state index contributed by atoms with van der Waals surface area (Å²) in [5.41, 5.74) is 2.55. The highest BCUT2D eigenvalue weighted by Gasteiger charge is 2.10. The summed E-state index contributed by atoms with van der Waals surface area (Å²) in [5.74, 6) is 0. The van der Waals surface area contributed by atoms with E-state index in [1.807, 2.05) is 12.1 Å². The average Bonchev–Trinajstić information content (AvgIpc) is 2.66. The van der Waals surface area contributed by atoms with Gasteiger partial charge in [-0.05, 0) is 51.3 Å². The fraction of sp³-hybridized carbons (Fsp3) is 0.143. The predicted molar refractivity (Wildman–Crippen MR) is 108 cm³/mol. The van der Waals surface area contributed by atoms with E-state index in [1.54, 1.807) is 16.7 Å². The smallest absolute Gasteiger partial charge is 0.258 e. The number of rotatable bonds is 4. The van der Waals surface area contributed by atoms with Crippen molar-refractivity contribution in [1.82, 2.24) is 14.7 Å². The molecule has 2 aromatic carbocycles. The van der Waals surface area contributed by atoms with Crippen molar-refractivity contribution >= 4 is 32.3 Å². The SMILES string of the molecule is C[C@@H](NCc1cc(=O)n2cc(Br)ccc2n1)c1cccc2ccccc12. The van der Waals surface area contributed by atoms with E-state index in [0.29, 0.717) is 12.2 Å². The van der Waals surface area contributed by atoms with Gasteiger partial charge in [0.15, 0.2) is 0 Å². The van der Waals surface area contributed by atoms with Gasteiger partial charge in [0.05, 0.1) is 5.69 Å². The highest BCUT2D eigenvalue weighted by Crippen LogP contribution is 2.24. The number of pyridine rings is 1. The van der Waals surface area contributed by atoms with E-state index < -0.39 is 0 Å². The van der Waals surface area contributed by atoms with Crippen molar-refractivity contribution < 1.29 is 0 Å². The molecular weight excluding hydrogens is 390 g/mol. The highest BCUT2D eigenvalue weighted by atomic mass is 79.9. The molecule has 26 heavy (non-hydrogen) atoms. The van der Waals surface area contributed by atoms with Crippen LogP contribution in [0, 0.1) is 0 Å². The van der Waals surface area contributed by atoms with Crippen LogP contribution in [0.4, 0.5) is 0 Å². The van der Waals surface area contributed by atoms with E-state index >= 15 is 0 Å². The van der Waals surface area contributed by atoms with Crippen LogP contribution in [0.1, 0.15) is 24.2 Å². The van der Waals surface area contributed by atoms with Crippen LogP contribution >= 0.6 is 15.9 Å². The lowest BCUT2D eigenvalue weighted by Crippen LogP contribution is -2.22.